The average Bonchev–Trinajstić information content (AvgIpc) is 2.34. The molecule has 0 fully saturated rings. The standard InChI is InChI=1S/C11H16N2O.C2H4/c1-4-13(3)7-11-9(2)5-12-6-10(11)8-14;1-2/h5-6,8H,4,7H2,1-3H3;1-2H2. The highest BCUT2D eigenvalue weighted by Crippen LogP contribution is 2.12. The van der Waals surface area contributed by atoms with E-state index in [0.717, 1.165) is 30.5 Å². The molecule has 0 saturated heterocycles. The zero-order valence-corrected chi connectivity index (χ0v) is 10.4. The molecule has 88 valence electrons. The molecule has 0 aliphatic heterocycles. The van der Waals surface area contributed by atoms with Gasteiger partial charge in [-0.1, -0.05) is 6.92 Å². The number of carbonyl (C=O) groups excluding carboxylic acids is 1. The first-order valence-corrected chi connectivity index (χ1v) is 5.26. The third-order valence-electron chi connectivity index (χ3n) is 2.40. The molecule has 0 unspecified atom stereocenters. The Labute approximate surface area is 97.8 Å². The van der Waals surface area contributed by atoms with Crippen molar-refractivity contribution in [1.29, 1.82) is 0 Å². The lowest BCUT2D eigenvalue weighted by molar-refractivity contribution is 0.112. The van der Waals surface area contributed by atoms with Crippen LogP contribution in [0.5, 0.6) is 0 Å². The fourth-order valence-corrected chi connectivity index (χ4v) is 1.31. The molecule has 3 nitrogen and oxygen atoms in total. The van der Waals surface area contributed by atoms with Crippen LogP contribution in [0.15, 0.2) is 25.6 Å². The van der Waals surface area contributed by atoms with Gasteiger partial charge < -0.3 is 4.90 Å². The Hall–Kier alpha value is -1.48. The zero-order valence-electron chi connectivity index (χ0n) is 10.4. The number of aromatic nitrogens is 1. The summed E-state index contributed by atoms with van der Waals surface area (Å²) in [4.78, 5) is 17.0. The van der Waals surface area contributed by atoms with Crippen LogP contribution in [0.25, 0.3) is 0 Å². The smallest absolute Gasteiger partial charge is 0.151 e. The second-order valence-corrected chi connectivity index (χ2v) is 3.47. The van der Waals surface area contributed by atoms with E-state index in [-0.39, 0.29) is 0 Å². The summed E-state index contributed by atoms with van der Waals surface area (Å²) in [6, 6.07) is 0. The molecule has 1 aromatic rings. The molecule has 3 heteroatoms. The first-order valence-electron chi connectivity index (χ1n) is 5.26. The quantitative estimate of drug-likeness (QED) is 0.577. The molecule has 1 rings (SSSR count). The lowest BCUT2D eigenvalue weighted by Crippen LogP contribution is -2.18. The van der Waals surface area contributed by atoms with E-state index in [4.69, 9.17) is 0 Å². The molecular weight excluding hydrogens is 200 g/mol. The Morgan fingerprint density at radius 2 is 2.06 bits per heavy atom. The molecule has 1 aromatic heterocycles. The van der Waals surface area contributed by atoms with E-state index >= 15 is 0 Å². The van der Waals surface area contributed by atoms with Crippen LogP contribution >= 0.6 is 0 Å². The van der Waals surface area contributed by atoms with E-state index in [1.165, 1.54) is 0 Å². The number of rotatable bonds is 4. The van der Waals surface area contributed by atoms with Gasteiger partial charge in [-0.2, -0.15) is 0 Å². The van der Waals surface area contributed by atoms with Crippen LogP contribution in [-0.4, -0.2) is 29.8 Å². The van der Waals surface area contributed by atoms with Crippen LogP contribution in [0, 0.1) is 6.92 Å². The lowest BCUT2D eigenvalue weighted by Gasteiger charge is -2.16. The van der Waals surface area contributed by atoms with Crippen molar-refractivity contribution in [1.82, 2.24) is 9.88 Å². The van der Waals surface area contributed by atoms with Crippen LogP contribution in [0.3, 0.4) is 0 Å². The Bertz CT molecular complexity index is 337. The highest BCUT2D eigenvalue weighted by atomic mass is 16.1. The predicted molar refractivity (Wildman–Crippen MR) is 67.6 cm³/mol. The van der Waals surface area contributed by atoms with Gasteiger partial charge >= 0.3 is 0 Å². The van der Waals surface area contributed by atoms with E-state index in [0.29, 0.717) is 5.56 Å². The third kappa shape index (κ3) is 3.95. The van der Waals surface area contributed by atoms with Crippen molar-refractivity contribution >= 4 is 6.29 Å². The average molecular weight is 220 g/mol. The first kappa shape index (κ1) is 14.5. The molecule has 0 aliphatic carbocycles. The van der Waals surface area contributed by atoms with Gasteiger partial charge in [-0.05, 0) is 31.6 Å². The van der Waals surface area contributed by atoms with E-state index in [2.05, 4.69) is 30.0 Å². The number of nitrogens with zero attached hydrogens (tertiary/aromatic N) is 2. The summed E-state index contributed by atoms with van der Waals surface area (Å²) in [6.07, 6.45) is 4.30. The SMILES string of the molecule is C=C.CCN(C)Cc1c(C)cncc1C=O. The zero-order chi connectivity index (χ0) is 12.6. The number of aryl methyl sites for hydroxylation is 1. The summed E-state index contributed by atoms with van der Waals surface area (Å²) < 4.78 is 0. The molecule has 0 atom stereocenters. The summed E-state index contributed by atoms with van der Waals surface area (Å²) in [5.74, 6) is 0. The maximum Gasteiger partial charge on any atom is 0.151 e. The molecule has 0 aliphatic rings. The fourth-order valence-electron chi connectivity index (χ4n) is 1.31. The highest BCUT2D eigenvalue weighted by Gasteiger charge is 2.07. The van der Waals surface area contributed by atoms with Gasteiger partial charge in [0.05, 0.1) is 0 Å². The van der Waals surface area contributed by atoms with Gasteiger partial charge in [-0.3, -0.25) is 9.78 Å². The monoisotopic (exact) mass is 220 g/mol. The van der Waals surface area contributed by atoms with Gasteiger partial charge in [0, 0.05) is 24.5 Å². The molecule has 1 heterocycles. The Kier molecular flexibility index (Phi) is 7.05. The number of hydrogen-bond donors (Lipinski definition) is 0. The Balaban J connectivity index is 0.00000106. The largest absolute Gasteiger partial charge is 0.302 e. The van der Waals surface area contributed by atoms with Crippen molar-refractivity contribution in [3.05, 3.63) is 42.2 Å². The molecule has 0 N–H and O–H groups in total. The molecule has 0 amide bonds. The van der Waals surface area contributed by atoms with Crippen molar-refractivity contribution < 1.29 is 4.79 Å². The molecule has 0 radical (unpaired) electrons. The second-order valence-electron chi connectivity index (χ2n) is 3.47. The summed E-state index contributed by atoms with van der Waals surface area (Å²) in [5, 5.41) is 0. The van der Waals surface area contributed by atoms with E-state index in [1.54, 1.807) is 12.4 Å². The summed E-state index contributed by atoms with van der Waals surface area (Å²) in [7, 11) is 2.04. The van der Waals surface area contributed by atoms with E-state index < -0.39 is 0 Å². The molecule has 0 spiro atoms. The van der Waals surface area contributed by atoms with Crippen LogP contribution in [-0.2, 0) is 6.54 Å². The molecule has 0 saturated carbocycles. The maximum atomic E-state index is 10.8. The third-order valence-corrected chi connectivity index (χ3v) is 2.40. The van der Waals surface area contributed by atoms with Gasteiger partial charge in [-0.25, -0.2) is 0 Å². The van der Waals surface area contributed by atoms with Crippen molar-refractivity contribution in [2.24, 2.45) is 0 Å². The number of pyridine rings is 1. The van der Waals surface area contributed by atoms with Crippen molar-refractivity contribution in [3.63, 3.8) is 0 Å². The van der Waals surface area contributed by atoms with Gasteiger partial charge in [-0.15, -0.1) is 13.2 Å². The Morgan fingerprint density at radius 3 is 2.56 bits per heavy atom. The van der Waals surface area contributed by atoms with Crippen LogP contribution in [0.1, 0.15) is 28.4 Å². The van der Waals surface area contributed by atoms with Gasteiger partial charge in [0.25, 0.3) is 0 Å². The Morgan fingerprint density at radius 1 is 1.44 bits per heavy atom. The summed E-state index contributed by atoms with van der Waals surface area (Å²) in [5.41, 5.74) is 2.86. The van der Waals surface area contributed by atoms with Crippen LogP contribution in [0.2, 0.25) is 0 Å². The van der Waals surface area contributed by atoms with Crippen LogP contribution < -0.4 is 0 Å². The predicted octanol–water partition coefficient (Wildman–Crippen LogP) is 2.46. The van der Waals surface area contributed by atoms with E-state index in [1.807, 2.05) is 14.0 Å². The highest BCUT2D eigenvalue weighted by molar-refractivity contribution is 5.77. The molecule has 0 aromatic carbocycles. The first-order chi connectivity index (χ1) is 7.69. The minimum absolute atomic E-state index is 0.699. The molecule has 16 heavy (non-hydrogen) atoms. The van der Waals surface area contributed by atoms with Crippen molar-refractivity contribution in [2.45, 2.75) is 20.4 Å². The number of carbonyl (C=O) groups is 1. The number of aldehydes is 1. The maximum absolute atomic E-state index is 10.8. The lowest BCUT2D eigenvalue weighted by atomic mass is 10.1. The van der Waals surface area contributed by atoms with Crippen LogP contribution in [0.4, 0.5) is 0 Å². The normalized spacial score (nSPS) is 9.50. The second kappa shape index (κ2) is 7.77. The van der Waals surface area contributed by atoms with Gasteiger partial charge in [0.2, 0.25) is 0 Å². The topological polar surface area (TPSA) is 33.2 Å². The fraction of sp³-hybridized carbons (Fsp3) is 0.385. The number of hydrogen-bond acceptors (Lipinski definition) is 3. The van der Waals surface area contributed by atoms with E-state index in [9.17, 15) is 4.79 Å². The molecule has 0 bridgehead atoms. The minimum Gasteiger partial charge on any atom is -0.302 e. The van der Waals surface area contributed by atoms with Crippen molar-refractivity contribution in [2.75, 3.05) is 13.6 Å². The van der Waals surface area contributed by atoms with Gasteiger partial charge in [0.1, 0.15) is 0 Å². The minimum atomic E-state index is 0.699. The summed E-state index contributed by atoms with van der Waals surface area (Å²) >= 11 is 0. The van der Waals surface area contributed by atoms with Crippen molar-refractivity contribution in [3.8, 4) is 0 Å². The molecular formula is C13H20N2O. The summed E-state index contributed by atoms with van der Waals surface area (Å²) in [6.45, 7) is 11.9. The van der Waals surface area contributed by atoms with Gasteiger partial charge in [0.15, 0.2) is 6.29 Å².